The van der Waals surface area contributed by atoms with Crippen molar-refractivity contribution in [3.05, 3.63) is 46.8 Å². The smallest absolute Gasteiger partial charge is 0.269 e. The van der Waals surface area contributed by atoms with Crippen LogP contribution in [0.3, 0.4) is 0 Å². The molecule has 0 N–H and O–H groups in total. The van der Waals surface area contributed by atoms with E-state index < -0.39 is 4.92 Å². The second-order valence-corrected chi connectivity index (χ2v) is 3.34. The Morgan fingerprint density at radius 1 is 1.38 bits per heavy atom. The topological polar surface area (TPSA) is 61.0 Å². The van der Waals surface area contributed by atoms with Gasteiger partial charge in [0.05, 0.1) is 4.92 Å². The normalized spacial score (nSPS) is 10.3. The first-order valence-corrected chi connectivity index (χ1v) is 4.98. The fourth-order valence-electron chi connectivity index (χ4n) is 1.56. The molecule has 0 radical (unpaired) electrons. The second kappa shape index (κ2) is 4.14. The molecule has 0 atom stereocenters. The monoisotopic (exact) mass is 217 g/mol. The molecule has 1 heterocycles. The van der Waals surface area contributed by atoms with Crippen LogP contribution in [0.2, 0.25) is 0 Å². The van der Waals surface area contributed by atoms with Crippen molar-refractivity contribution in [3.63, 3.8) is 0 Å². The third-order valence-corrected chi connectivity index (χ3v) is 2.39. The number of aryl methyl sites for hydroxylation is 1. The largest absolute Gasteiger partial charge is 0.331 e. The summed E-state index contributed by atoms with van der Waals surface area (Å²) in [6.45, 7) is 2.85. The Morgan fingerprint density at radius 3 is 2.62 bits per heavy atom. The zero-order valence-corrected chi connectivity index (χ0v) is 8.83. The highest BCUT2D eigenvalue weighted by Gasteiger charge is 2.08. The quantitative estimate of drug-likeness (QED) is 0.586. The molecular formula is C11H11N3O2. The molecule has 5 heteroatoms. The van der Waals surface area contributed by atoms with Crippen molar-refractivity contribution in [2.45, 2.75) is 13.5 Å². The molecule has 1 aromatic heterocycles. The first-order chi connectivity index (χ1) is 7.72. The number of nitrogens with zero attached hydrogens (tertiary/aromatic N) is 3. The Labute approximate surface area is 92.5 Å². The molecule has 0 aliphatic carbocycles. The van der Waals surface area contributed by atoms with E-state index in [-0.39, 0.29) is 5.69 Å². The number of non-ortho nitro benzene ring substituents is 1. The van der Waals surface area contributed by atoms with Crippen LogP contribution in [0, 0.1) is 10.1 Å². The minimum atomic E-state index is -0.407. The maximum atomic E-state index is 10.5. The van der Waals surface area contributed by atoms with E-state index in [4.69, 9.17) is 0 Å². The SMILES string of the molecule is CCn1ccnc1-c1ccc([N+](=O)[O-])cc1. The van der Waals surface area contributed by atoms with Gasteiger partial charge in [-0.25, -0.2) is 4.98 Å². The lowest BCUT2D eigenvalue weighted by atomic mass is 10.2. The van der Waals surface area contributed by atoms with E-state index in [0.29, 0.717) is 0 Å². The van der Waals surface area contributed by atoms with Crippen LogP contribution in [0.5, 0.6) is 0 Å². The number of nitro groups is 1. The molecular weight excluding hydrogens is 206 g/mol. The lowest BCUT2D eigenvalue weighted by Crippen LogP contribution is -1.96. The maximum Gasteiger partial charge on any atom is 0.269 e. The lowest BCUT2D eigenvalue weighted by Gasteiger charge is -2.03. The average molecular weight is 217 g/mol. The number of hydrogen-bond acceptors (Lipinski definition) is 3. The fraction of sp³-hybridized carbons (Fsp3) is 0.182. The molecule has 0 saturated carbocycles. The number of imidazole rings is 1. The van der Waals surface area contributed by atoms with Gasteiger partial charge in [-0.2, -0.15) is 0 Å². The van der Waals surface area contributed by atoms with Crippen molar-refractivity contribution in [2.75, 3.05) is 0 Å². The van der Waals surface area contributed by atoms with E-state index in [1.807, 2.05) is 17.7 Å². The van der Waals surface area contributed by atoms with E-state index in [1.54, 1.807) is 18.3 Å². The predicted molar refractivity (Wildman–Crippen MR) is 60.0 cm³/mol. The highest BCUT2D eigenvalue weighted by atomic mass is 16.6. The zero-order chi connectivity index (χ0) is 11.5. The van der Waals surface area contributed by atoms with Crippen LogP contribution in [0.1, 0.15) is 6.92 Å². The summed E-state index contributed by atoms with van der Waals surface area (Å²) in [5.41, 5.74) is 0.982. The minimum absolute atomic E-state index is 0.0957. The molecule has 0 unspecified atom stereocenters. The summed E-state index contributed by atoms with van der Waals surface area (Å²) in [6, 6.07) is 6.41. The van der Waals surface area contributed by atoms with Crippen LogP contribution in [-0.2, 0) is 6.54 Å². The predicted octanol–water partition coefficient (Wildman–Crippen LogP) is 2.48. The van der Waals surface area contributed by atoms with Crippen LogP contribution in [0.15, 0.2) is 36.7 Å². The first-order valence-electron chi connectivity index (χ1n) is 4.98. The van der Waals surface area contributed by atoms with Gasteiger partial charge in [0.25, 0.3) is 5.69 Å². The Hall–Kier alpha value is -2.17. The van der Waals surface area contributed by atoms with Crippen molar-refractivity contribution in [1.82, 2.24) is 9.55 Å². The van der Waals surface area contributed by atoms with Gasteiger partial charge in [-0.1, -0.05) is 0 Å². The van der Waals surface area contributed by atoms with Crippen molar-refractivity contribution in [3.8, 4) is 11.4 Å². The summed E-state index contributed by atoms with van der Waals surface area (Å²) >= 11 is 0. The van der Waals surface area contributed by atoms with E-state index in [2.05, 4.69) is 4.98 Å². The zero-order valence-electron chi connectivity index (χ0n) is 8.83. The molecule has 5 nitrogen and oxygen atoms in total. The fourth-order valence-corrected chi connectivity index (χ4v) is 1.56. The molecule has 0 amide bonds. The van der Waals surface area contributed by atoms with Crippen molar-refractivity contribution >= 4 is 5.69 Å². The third kappa shape index (κ3) is 1.79. The summed E-state index contributed by atoms with van der Waals surface area (Å²) in [5.74, 6) is 0.831. The molecule has 0 saturated heterocycles. The molecule has 0 spiro atoms. The number of rotatable bonds is 3. The Kier molecular flexibility index (Phi) is 2.68. The molecule has 0 aliphatic heterocycles. The minimum Gasteiger partial charge on any atom is -0.331 e. The lowest BCUT2D eigenvalue weighted by molar-refractivity contribution is -0.384. The van der Waals surface area contributed by atoms with E-state index in [1.165, 1.54) is 12.1 Å². The van der Waals surface area contributed by atoms with Crippen molar-refractivity contribution < 1.29 is 4.92 Å². The van der Waals surface area contributed by atoms with Gasteiger partial charge in [-0.3, -0.25) is 10.1 Å². The number of nitro benzene ring substituents is 1. The van der Waals surface area contributed by atoms with Crippen LogP contribution in [0.4, 0.5) is 5.69 Å². The Balaban J connectivity index is 2.38. The molecule has 2 aromatic rings. The Bertz CT molecular complexity index is 502. The van der Waals surface area contributed by atoms with Crippen LogP contribution < -0.4 is 0 Å². The van der Waals surface area contributed by atoms with Crippen LogP contribution in [0.25, 0.3) is 11.4 Å². The van der Waals surface area contributed by atoms with E-state index in [9.17, 15) is 10.1 Å². The van der Waals surface area contributed by atoms with Gasteiger partial charge in [0.15, 0.2) is 0 Å². The number of hydrogen-bond donors (Lipinski definition) is 0. The van der Waals surface area contributed by atoms with Crippen LogP contribution >= 0.6 is 0 Å². The number of aromatic nitrogens is 2. The van der Waals surface area contributed by atoms with Gasteiger partial charge >= 0.3 is 0 Å². The highest BCUT2D eigenvalue weighted by Crippen LogP contribution is 2.20. The molecule has 0 fully saturated rings. The van der Waals surface area contributed by atoms with Gasteiger partial charge < -0.3 is 4.57 Å². The van der Waals surface area contributed by atoms with E-state index in [0.717, 1.165) is 17.9 Å². The van der Waals surface area contributed by atoms with Gasteiger partial charge in [0.2, 0.25) is 0 Å². The van der Waals surface area contributed by atoms with Gasteiger partial charge in [-0.05, 0) is 19.1 Å². The molecule has 16 heavy (non-hydrogen) atoms. The van der Waals surface area contributed by atoms with Gasteiger partial charge in [0.1, 0.15) is 5.82 Å². The van der Waals surface area contributed by atoms with Gasteiger partial charge in [0, 0.05) is 36.6 Å². The Morgan fingerprint density at radius 2 is 2.06 bits per heavy atom. The van der Waals surface area contributed by atoms with Crippen molar-refractivity contribution in [2.24, 2.45) is 0 Å². The molecule has 82 valence electrons. The van der Waals surface area contributed by atoms with E-state index >= 15 is 0 Å². The standard InChI is InChI=1S/C11H11N3O2/c1-2-13-8-7-12-11(13)9-3-5-10(6-4-9)14(15)16/h3-8H,2H2,1H3. The van der Waals surface area contributed by atoms with Crippen LogP contribution in [-0.4, -0.2) is 14.5 Å². The summed E-state index contributed by atoms with van der Waals surface area (Å²) in [7, 11) is 0. The summed E-state index contributed by atoms with van der Waals surface area (Å²) in [6.07, 6.45) is 3.61. The first kappa shape index (κ1) is 10.4. The molecule has 2 rings (SSSR count). The highest BCUT2D eigenvalue weighted by molar-refractivity contribution is 5.57. The third-order valence-electron chi connectivity index (χ3n) is 2.39. The summed E-state index contributed by atoms with van der Waals surface area (Å²) in [4.78, 5) is 14.3. The van der Waals surface area contributed by atoms with Gasteiger partial charge in [-0.15, -0.1) is 0 Å². The molecule has 1 aromatic carbocycles. The summed E-state index contributed by atoms with van der Waals surface area (Å²) in [5, 5.41) is 10.5. The summed E-state index contributed by atoms with van der Waals surface area (Å²) < 4.78 is 1.99. The maximum absolute atomic E-state index is 10.5. The average Bonchev–Trinajstić information content (AvgIpc) is 2.77. The molecule has 0 bridgehead atoms. The molecule has 0 aliphatic rings. The number of benzene rings is 1. The second-order valence-electron chi connectivity index (χ2n) is 3.34. The van der Waals surface area contributed by atoms with Crippen molar-refractivity contribution in [1.29, 1.82) is 0 Å².